The molecule has 0 spiro atoms. The van der Waals surface area contributed by atoms with E-state index in [9.17, 15) is 0 Å². The van der Waals surface area contributed by atoms with Gasteiger partial charge in [-0.15, -0.1) is 0 Å². The Morgan fingerprint density at radius 3 is 2.62 bits per heavy atom. The third kappa shape index (κ3) is 2.01. The summed E-state index contributed by atoms with van der Waals surface area (Å²) >= 11 is 0. The van der Waals surface area contributed by atoms with Crippen molar-refractivity contribution in [2.24, 2.45) is 0 Å². The summed E-state index contributed by atoms with van der Waals surface area (Å²) in [6.45, 7) is 9.09. The summed E-state index contributed by atoms with van der Waals surface area (Å²) in [4.78, 5) is 2.68. The smallest absolute Gasteiger partial charge is 0.0728 e. The predicted molar refractivity (Wildman–Crippen MR) is 66.7 cm³/mol. The van der Waals surface area contributed by atoms with E-state index in [0.29, 0.717) is 18.2 Å². The van der Waals surface area contributed by atoms with E-state index in [4.69, 9.17) is 4.74 Å². The molecule has 0 saturated carbocycles. The second-order valence-electron chi connectivity index (χ2n) is 5.67. The molecular formula is C13H26N2O. The van der Waals surface area contributed by atoms with Crippen LogP contribution in [-0.2, 0) is 4.74 Å². The topological polar surface area (TPSA) is 24.5 Å². The standard InChI is InChI=1S/C13H26N2O/c1-10-9-12(14-4)5-7-15(10)13(3)6-8-16-11(13)2/h10-12,14H,5-9H2,1-4H3. The first-order valence-electron chi connectivity index (χ1n) is 6.63. The van der Waals surface area contributed by atoms with Crippen molar-refractivity contribution in [3.8, 4) is 0 Å². The van der Waals surface area contributed by atoms with Gasteiger partial charge < -0.3 is 10.1 Å². The second kappa shape index (κ2) is 4.63. The number of rotatable bonds is 2. The van der Waals surface area contributed by atoms with Crippen LogP contribution in [0.3, 0.4) is 0 Å². The molecule has 2 aliphatic rings. The molecule has 2 rings (SSSR count). The fraction of sp³-hybridized carbons (Fsp3) is 1.00. The van der Waals surface area contributed by atoms with Gasteiger partial charge >= 0.3 is 0 Å². The average Bonchev–Trinajstić information content (AvgIpc) is 2.60. The minimum absolute atomic E-state index is 0.262. The van der Waals surface area contributed by atoms with Gasteiger partial charge in [0.2, 0.25) is 0 Å². The third-order valence-corrected chi connectivity index (χ3v) is 4.79. The highest BCUT2D eigenvalue weighted by Gasteiger charge is 2.45. The number of hydrogen-bond donors (Lipinski definition) is 1. The molecule has 0 radical (unpaired) electrons. The molecule has 0 aliphatic carbocycles. The molecule has 2 aliphatic heterocycles. The van der Waals surface area contributed by atoms with Gasteiger partial charge in [-0.25, -0.2) is 0 Å². The summed E-state index contributed by atoms with van der Waals surface area (Å²) in [6.07, 6.45) is 4.09. The Kier molecular flexibility index (Phi) is 3.57. The summed E-state index contributed by atoms with van der Waals surface area (Å²) in [5.41, 5.74) is 0.262. The first-order valence-corrected chi connectivity index (χ1v) is 6.63. The minimum atomic E-state index is 0.262. The SMILES string of the molecule is CNC1CCN(C2(C)CCOC2C)C(C)C1. The number of piperidine rings is 1. The largest absolute Gasteiger partial charge is 0.377 e. The molecule has 2 fully saturated rings. The van der Waals surface area contributed by atoms with Crippen LogP contribution in [0, 0.1) is 0 Å². The summed E-state index contributed by atoms with van der Waals surface area (Å²) in [7, 11) is 2.08. The fourth-order valence-corrected chi connectivity index (χ4v) is 3.40. The van der Waals surface area contributed by atoms with Crippen LogP contribution >= 0.6 is 0 Å². The number of nitrogens with one attached hydrogen (secondary N) is 1. The maximum atomic E-state index is 5.77. The van der Waals surface area contributed by atoms with Gasteiger partial charge in [-0.05, 0) is 47.1 Å². The van der Waals surface area contributed by atoms with Crippen molar-refractivity contribution < 1.29 is 4.74 Å². The Labute approximate surface area is 99.5 Å². The summed E-state index contributed by atoms with van der Waals surface area (Å²) < 4.78 is 5.77. The Bertz CT molecular complexity index is 246. The monoisotopic (exact) mass is 226 g/mol. The molecule has 0 aromatic heterocycles. The Hall–Kier alpha value is -0.120. The fourth-order valence-electron chi connectivity index (χ4n) is 3.40. The maximum absolute atomic E-state index is 5.77. The van der Waals surface area contributed by atoms with Crippen molar-refractivity contribution in [3.63, 3.8) is 0 Å². The number of hydrogen-bond acceptors (Lipinski definition) is 3. The second-order valence-corrected chi connectivity index (χ2v) is 5.67. The van der Waals surface area contributed by atoms with Gasteiger partial charge in [-0.3, -0.25) is 4.90 Å². The molecule has 3 heteroatoms. The van der Waals surface area contributed by atoms with E-state index in [0.717, 1.165) is 6.61 Å². The van der Waals surface area contributed by atoms with Crippen LogP contribution in [0.25, 0.3) is 0 Å². The average molecular weight is 226 g/mol. The first kappa shape index (κ1) is 12.3. The van der Waals surface area contributed by atoms with Crippen LogP contribution < -0.4 is 5.32 Å². The molecular weight excluding hydrogens is 200 g/mol. The normalized spacial score (nSPS) is 46.1. The number of ether oxygens (including phenoxy) is 1. The lowest BCUT2D eigenvalue weighted by Crippen LogP contribution is -2.59. The highest BCUT2D eigenvalue weighted by Crippen LogP contribution is 2.36. The van der Waals surface area contributed by atoms with E-state index in [1.54, 1.807) is 0 Å². The molecule has 0 bridgehead atoms. The zero-order valence-corrected chi connectivity index (χ0v) is 11.1. The van der Waals surface area contributed by atoms with Crippen molar-refractivity contribution in [2.45, 2.75) is 63.8 Å². The number of nitrogens with zero attached hydrogens (tertiary/aromatic N) is 1. The maximum Gasteiger partial charge on any atom is 0.0728 e. The van der Waals surface area contributed by atoms with Gasteiger partial charge in [0.1, 0.15) is 0 Å². The van der Waals surface area contributed by atoms with Crippen LogP contribution in [0.5, 0.6) is 0 Å². The lowest BCUT2D eigenvalue weighted by molar-refractivity contribution is -0.0202. The lowest BCUT2D eigenvalue weighted by atomic mass is 9.86. The van der Waals surface area contributed by atoms with E-state index in [2.05, 4.69) is 38.0 Å². The van der Waals surface area contributed by atoms with Gasteiger partial charge in [0.15, 0.2) is 0 Å². The highest BCUT2D eigenvalue weighted by molar-refractivity contribution is 5.00. The molecule has 4 atom stereocenters. The van der Waals surface area contributed by atoms with E-state index >= 15 is 0 Å². The molecule has 3 nitrogen and oxygen atoms in total. The van der Waals surface area contributed by atoms with E-state index < -0.39 is 0 Å². The number of likely N-dealkylation sites (tertiary alicyclic amines) is 1. The highest BCUT2D eigenvalue weighted by atomic mass is 16.5. The minimum Gasteiger partial charge on any atom is -0.377 e. The predicted octanol–water partition coefficient (Wildman–Crippen LogP) is 1.63. The van der Waals surface area contributed by atoms with E-state index in [1.165, 1.54) is 25.8 Å². The third-order valence-electron chi connectivity index (χ3n) is 4.79. The van der Waals surface area contributed by atoms with Gasteiger partial charge in [-0.2, -0.15) is 0 Å². The molecule has 16 heavy (non-hydrogen) atoms. The summed E-state index contributed by atoms with van der Waals surface area (Å²) in [5.74, 6) is 0. The molecule has 1 N–H and O–H groups in total. The summed E-state index contributed by atoms with van der Waals surface area (Å²) in [5, 5.41) is 3.41. The van der Waals surface area contributed by atoms with Crippen molar-refractivity contribution in [1.29, 1.82) is 0 Å². The summed E-state index contributed by atoms with van der Waals surface area (Å²) in [6, 6.07) is 1.37. The molecule has 0 amide bonds. The van der Waals surface area contributed by atoms with E-state index in [1.807, 2.05) is 0 Å². The molecule has 0 aromatic rings. The molecule has 94 valence electrons. The van der Waals surface area contributed by atoms with Crippen molar-refractivity contribution in [1.82, 2.24) is 10.2 Å². The zero-order valence-electron chi connectivity index (χ0n) is 11.1. The molecule has 4 unspecified atom stereocenters. The van der Waals surface area contributed by atoms with Crippen LogP contribution in [0.15, 0.2) is 0 Å². The van der Waals surface area contributed by atoms with Crippen LogP contribution in [0.2, 0.25) is 0 Å². The molecule has 0 aromatic carbocycles. The van der Waals surface area contributed by atoms with Crippen LogP contribution in [0.4, 0.5) is 0 Å². The van der Waals surface area contributed by atoms with Gasteiger partial charge in [0, 0.05) is 30.8 Å². The Balaban J connectivity index is 2.05. The molecule has 2 heterocycles. The molecule has 2 saturated heterocycles. The van der Waals surface area contributed by atoms with Crippen molar-refractivity contribution >= 4 is 0 Å². The Morgan fingerprint density at radius 2 is 2.12 bits per heavy atom. The van der Waals surface area contributed by atoms with Crippen molar-refractivity contribution in [3.05, 3.63) is 0 Å². The van der Waals surface area contributed by atoms with E-state index in [-0.39, 0.29) is 5.54 Å². The zero-order chi connectivity index (χ0) is 11.8. The van der Waals surface area contributed by atoms with Gasteiger partial charge in [0.05, 0.1) is 6.10 Å². The first-order chi connectivity index (χ1) is 7.58. The van der Waals surface area contributed by atoms with Crippen LogP contribution in [0.1, 0.15) is 40.0 Å². The van der Waals surface area contributed by atoms with Gasteiger partial charge in [0.25, 0.3) is 0 Å². The van der Waals surface area contributed by atoms with Crippen molar-refractivity contribution in [2.75, 3.05) is 20.2 Å². The lowest BCUT2D eigenvalue weighted by Gasteiger charge is -2.48. The van der Waals surface area contributed by atoms with Crippen LogP contribution in [-0.4, -0.2) is 48.8 Å². The quantitative estimate of drug-likeness (QED) is 0.774. The Morgan fingerprint density at radius 1 is 1.38 bits per heavy atom. The van der Waals surface area contributed by atoms with Gasteiger partial charge in [-0.1, -0.05) is 0 Å².